The topological polar surface area (TPSA) is 21.3 Å². The Balaban J connectivity index is 3.74. The molecule has 0 aliphatic heterocycles. The lowest BCUT2D eigenvalue weighted by molar-refractivity contribution is 0.177. The zero-order valence-electron chi connectivity index (χ0n) is 10.5. The minimum absolute atomic E-state index is 0.413. The largest absolute Gasteiger partial charge is 0.385 e. The molecule has 0 saturated heterocycles. The first-order valence-corrected chi connectivity index (χ1v) is 5.66. The highest BCUT2D eigenvalue weighted by molar-refractivity contribution is 4.75. The van der Waals surface area contributed by atoms with Crippen LogP contribution in [0.15, 0.2) is 0 Å². The Morgan fingerprint density at radius 1 is 1.21 bits per heavy atom. The quantitative estimate of drug-likeness (QED) is 0.639. The average Bonchev–Trinajstić information content (AvgIpc) is 2.08. The van der Waals surface area contributed by atoms with Gasteiger partial charge in [-0.2, -0.15) is 0 Å². The molecule has 86 valence electrons. The zero-order valence-corrected chi connectivity index (χ0v) is 10.5. The summed E-state index contributed by atoms with van der Waals surface area (Å²) in [5.74, 6) is 0.768. The molecule has 1 atom stereocenters. The van der Waals surface area contributed by atoms with E-state index in [1.807, 2.05) is 7.05 Å². The summed E-state index contributed by atoms with van der Waals surface area (Å²) >= 11 is 0. The van der Waals surface area contributed by atoms with Crippen LogP contribution in [0.1, 0.15) is 40.0 Å². The van der Waals surface area contributed by atoms with E-state index in [0.717, 1.165) is 19.1 Å². The normalized spacial score (nSPS) is 14.4. The second kappa shape index (κ2) is 7.24. The van der Waals surface area contributed by atoms with Gasteiger partial charge in [0.2, 0.25) is 0 Å². The van der Waals surface area contributed by atoms with E-state index < -0.39 is 0 Å². The molecule has 0 rings (SSSR count). The van der Waals surface area contributed by atoms with Crippen LogP contribution in [0.4, 0.5) is 0 Å². The van der Waals surface area contributed by atoms with Crippen LogP contribution in [0.3, 0.4) is 0 Å². The van der Waals surface area contributed by atoms with Crippen molar-refractivity contribution in [3.63, 3.8) is 0 Å². The van der Waals surface area contributed by atoms with Gasteiger partial charge in [-0.15, -0.1) is 0 Å². The maximum absolute atomic E-state index is 5.05. The number of ether oxygens (including phenoxy) is 1. The SMILES string of the molecule is CNCC(CCCCOC)C(C)(C)C. The maximum Gasteiger partial charge on any atom is 0.0462 e. The third-order valence-corrected chi connectivity index (χ3v) is 2.83. The van der Waals surface area contributed by atoms with Crippen molar-refractivity contribution in [1.82, 2.24) is 5.32 Å². The molecule has 0 saturated carbocycles. The molecule has 1 N–H and O–H groups in total. The first-order chi connectivity index (χ1) is 6.52. The van der Waals surface area contributed by atoms with Gasteiger partial charge in [0.05, 0.1) is 0 Å². The predicted molar refractivity (Wildman–Crippen MR) is 62.6 cm³/mol. The molecule has 14 heavy (non-hydrogen) atoms. The zero-order chi connectivity index (χ0) is 11.0. The van der Waals surface area contributed by atoms with Crippen LogP contribution in [-0.4, -0.2) is 27.3 Å². The van der Waals surface area contributed by atoms with Crippen LogP contribution in [-0.2, 0) is 4.74 Å². The molecule has 0 aromatic rings. The van der Waals surface area contributed by atoms with Gasteiger partial charge in [0, 0.05) is 13.7 Å². The summed E-state index contributed by atoms with van der Waals surface area (Å²) in [7, 11) is 3.81. The fourth-order valence-electron chi connectivity index (χ4n) is 1.72. The Labute approximate surface area is 89.4 Å². The Bertz CT molecular complexity index is 129. The maximum atomic E-state index is 5.05. The van der Waals surface area contributed by atoms with Crippen molar-refractivity contribution in [2.75, 3.05) is 27.3 Å². The van der Waals surface area contributed by atoms with Crippen LogP contribution in [0.5, 0.6) is 0 Å². The van der Waals surface area contributed by atoms with E-state index in [-0.39, 0.29) is 0 Å². The van der Waals surface area contributed by atoms with E-state index in [2.05, 4.69) is 26.1 Å². The molecule has 0 spiro atoms. The smallest absolute Gasteiger partial charge is 0.0462 e. The van der Waals surface area contributed by atoms with E-state index in [1.54, 1.807) is 7.11 Å². The molecule has 0 bridgehead atoms. The Morgan fingerprint density at radius 2 is 1.86 bits per heavy atom. The number of hydrogen-bond acceptors (Lipinski definition) is 2. The number of nitrogens with one attached hydrogen (secondary N) is 1. The van der Waals surface area contributed by atoms with E-state index in [9.17, 15) is 0 Å². The molecule has 2 nitrogen and oxygen atoms in total. The highest BCUT2D eigenvalue weighted by Crippen LogP contribution is 2.29. The molecule has 0 aliphatic carbocycles. The van der Waals surface area contributed by atoms with Crippen LogP contribution < -0.4 is 5.32 Å². The summed E-state index contributed by atoms with van der Waals surface area (Å²) in [6.45, 7) is 8.99. The van der Waals surface area contributed by atoms with Crippen LogP contribution in [0.25, 0.3) is 0 Å². The molecule has 0 aromatic heterocycles. The number of unbranched alkanes of at least 4 members (excludes halogenated alkanes) is 1. The molecular weight excluding hydrogens is 174 g/mol. The minimum atomic E-state index is 0.413. The van der Waals surface area contributed by atoms with Crippen molar-refractivity contribution in [1.29, 1.82) is 0 Å². The average molecular weight is 201 g/mol. The molecule has 0 aliphatic rings. The van der Waals surface area contributed by atoms with Gasteiger partial charge < -0.3 is 10.1 Å². The van der Waals surface area contributed by atoms with Crippen LogP contribution in [0, 0.1) is 11.3 Å². The molecule has 2 heteroatoms. The van der Waals surface area contributed by atoms with E-state index in [0.29, 0.717) is 5.41 Å². The first-order valence-electron chi connectivity index (χ1n) is 5.66. The Kier molecular flexibility index (Phi) is 7.20. The van der Waals surface area contributed by atoms with Gasteiger partial charge in [-0.1, -0.05) is 27.2 Å². The number of methoxy groups -OCH3 is 1. The van der Waals surface area contributed by atoms with Crippen LogP contribution in [0.2, 0.25) is 0 Å². The third-order valence-electron chi connectivity index (χ3n) is 2.83. The van der Waals surface area contributed by atoms with Gasteiger partial charge in [0.15, 0.2) is 0 Å². The number of rotatable bonds is 7. The summed E-state index contributed by atoms with van der Waals surface area (Å²) in [6, 6.07) is 0. The molecule has 0 aromatic carbocycles. The second-order valence-corrected chi connectivity index (χ2v) is 5.11. The lowest BCUT2D eigenvalue weighted by atomic mass is 9.78. The summed E-state index contributed by atoms with van der Waals surface area (Å²) in [6.07, 6.45) is 3.76. The monoisotopic (exact) mass is 201 g/mol. The highest BCUT2D eigenvalue weighted by Gasteiger charge is 2.22. The first kappa shape index (κ1) is 13.9. The molecular formula is C12H27NO. The molecule has 0 fully saturated rings. The fraction of sp³-hybridized carbons (Fsp3) is 1.00. The summed E-state index contributed by atoms with van der Waals surface area (Å²) in [5, 5.41) is 3.28. The lowest BCUT2D eigenvalue weighted by Gasteiger charge is -2.30. The predicted octanol–water partition coefficient (Wildman–Crippen LogP) is 2.68. The highest BCUT2D eigenvalue weighted by atomic mass is 16.5. The van der Waals surface area contributed by atoms with Gasteiger partial charge in [0.25, 0.3) is 0 Å². The summed E-state index contributed by atoms with van der Waals surface area (Å²) < 4.78 is 5.05. The number of hydrogen-bond donors (Lipinski definition) is 1. The molecule has 1 unspecified atom stereocenters. The third kappa shape index (κ3) is 6.39. The van der Waals surface area contributed by atoms with Gasteiger partial charge in [-0.05, 0) is 37.8 Å². The van der Waals surface area contributed by atoms with Gasteiger partial charge in [-0.3, -0.25) is 0 Å². The molecule has 0 amide bonds. The molecule has 0 heterocycles. The van der Waals surface area contributed by atoms with Crippen molar-refractivity contribution >= 4 is 0 Å². The summed E-state index contributed by atoms with van der Waals surface area (Å²) in [4.78, 5) is 0. The van der Waals surface area contributed by atoms with Crippen molar-refractivity contribution in [3.8, 4) is 0 Å². The Hall–Kier alpha value is -0.0800. The van der Waals surface area contributed by atoms with Crippen molar-refractivity contribution in [3.05, 3.63) is 0 Å². The summed E-state index contributed by atoms with van der Waals surface area (Å²) in [5.41, 5.74) is 0.413. The van der Waals surface area contributed by atoms with Crippen LogP contribution >= 0.6 is 0 Å². The Morgan fingerprint density at radius 3 is 2.29 bits per heavy atom. The van der Waals surface area contributed by atoms with E-state index in [1.165, 1.54) is 19.3 Å². The fourth-order valence-corrected chi connectivity index (χ4v) is 1.72. The lowest BCUT2D eigenvalue weighted by Crippen LogP contribution is -2.30. The molecule has 0 radical (unpaired) electrons. The van der Waals surface area contributed by atoms with Gasteiger partial charge in [0.1, 0.15) is 0 Å². The van der Waals surface area contributed by atoms with Gasteiger partial charge in [-0.25, -0.2) is 0 Å². The van der Waals surface area contributed by atoms with Gasteiger partial charge >= 0.3 is 0 Å². The van der Waals surface area contributed by atoms with Crippen molar-refractivity contribution < 1.29 is 4.74 Å². The van der Waals surface area contributed by atoms with Crippen molar-refractivity contribution in [2.24, 2.45) is 11.3 Å². The minimum Gasteiger partial charge on any atom is -0.385 e. The van der Waals surface area contributed by atoms with Crippen molar-refractivity contribution in [2.45, 2.75) is 40.0 Å². The second-order valence-electron chi connectivity index (χ2n) is 5.11. The van der Waals surface area contributed by atoms with E-state index >= 15 is 0 Å². The standard InChI is InChI=1S/C12H27NO/c1-12(2,3)11(10-13-4)8-6-7-9-14-5/h11,13H,6-10H2,1-5H3. The van der Waals surface area contributed by atoms with E-state index in [4.69, 9.17) is 4.74 Å².